The maximum atomic E-state index is 13.6. The van der Waals surface area contributed by atoms with Crippen LogP contribution in [0.25, 0.3) is 0 Å². The van der Waals surface area contributed by atoms with E-state index in [9.17, 15) is 59.9 Å². The highest BCUT2D eigenvalue weighted by atomic mass is 32.1. The van der Waals surface area contributed by atoms with Crippen molar-refractivity contribution in [3.63, 3.8) is 0 Å². The lowest BCUT2D eigenvalue weighted by atomic mass is 9.87. The van der Waals surface area contributed by atoms with Gasteiger partial charge in [-0.1, -0.05) is 0 Å². The fourth-order valence-electron chi connectivity index (χ4n) is 3.93. The number of thiol groups is 1. The average molecular weight is 657 g/mol. The molecule has 0 spiro atoms. The number of methoxy groups -OCH3 is 1. The predicted molar refractivity (Wildman–Crippen MR) is 124 cm³/mol. The first-order chi connectivity index (χ1) is 19.5. The molecule has 0 aliphatic carbocycles. The first-order valence-electron chi connectivity index (χ1n) is 11.6. The van der Waals surface area contributed by atoms with Gasteiger partial charge in [0.25, 0.3) is 0 Å². The molecule has 1 aliphatic rings. The molecule has 0 saturated carbocycles. The standard InChI is InChI=1S/C22H25F6NO13S/c1-8(30)38-7-13(40-10(3)32)15(41-11(4)33)16-14(29(17(34)21(23,24)25)18(35)22(26,27)28)12(39-9(2)31)6-20(43,42-16)19(36)37-5/h12-16,43H,6-7H2,1-5H3/t12-,13+,14+,15+,16+,20+/m0/s1. The van der Waals surface area contributed by atoms with E-state index in [1.165, 1.54) is 0 Å². The molecule has 6 atom stereocenters. The quantitative estimate of drug-likeness (QED) is 0.159. The lowest BCUT2D eigenvalue weighted by molar-refractivity contribution is -0.246. The van der Waals surface area contributed by atoms with E-state index in [1.807, 2.05) is 0 Å². The van der Waals surface area contributed by atoms with Crippen molar-refractivity contribution in [3.05, 3.63) is 0 Å². The minimum atomic E-state index is -6.19. The topological polar surface area (TPSA) is 178 Å². The van der Waals surface area contributed by atoms with Crippen LogP contribution in [0.3, 0.4) is 0 Å². The Morgan fingerprint density at radius 1 is 0.860 bits per heavy atom. The smallest absolute Gasteiger partial charge is 0.466 e. The predicted octanol–water partition coefficient (Wildman–Crippen LogP) is 0.781. The molecule has 1 rings (SSSR count). The minimum Gasteiger partial charge on any atom is -0.466 e. The summed E-state index contributed by atoms with van der Waals surface area (Å²) in [5.41, 5.74) is 0. The molecule has 0 aromatic carbocycles. The van der Waals surface area contributed by atoms with Crippen molar-refractivity contribution >= 4 is 54.3 Å². The lowest BCUT2D eigenvalue weighted by Crippen LogP contribution is -2.71. The number of carbonyl (C=O) groups is 7. The molecular weight excluding hydrogens is 632 g/mol. The zero-order chi connectivity index (χ0) is 33.7. The molecule has 0 N–H and O–H groups in total. The Labute approximate surface area is 243 Å². The molecular formula is C22H25F6NO13S. The summed E-state index contributed by atoms with van der Waals surface area (Å²) in [6.07, 6.45) is -23.5. The number of nitrogens with zero attached hydrogens (tertiary/aromatic N) is 1. The zero-order valence-electron chi connectivity index (χ0n) is 22.8. The Hall–Kier alpha value is -3.62. The normalized spacial score (nSPS) is 23.6. The second-order valence-electron chi connectivity index (χ2n) is 8.70. The van der Waals surface area contributed by atoms with E-state index in [0.717, 1.165) is 21.0 Å². The molecule has 244 valence electrons. The summed E-state index contributed by atoms with van der Waals surface area (Å²) in [5, 5.41) is 0. The van der Waals surface area contributed by atoms with Crippen LogP contribution in [0.4, 0.5) is 26.3 Å². The second-order valence-corrected chi connectivity index (χ2v) is 9.42. The van der Waals surface area contributed by atoms with E-state index in [2.05, 4.69) is 17.4 Å². The highest BCUT2D eigenvalue weighted by Gasteiger charge is 2.64. The Kier molecular flexibility index (Phi) is 12.4. The summed E-state index contributed by atoms with van der Waals surface area (Å²) in [5.74, 6) is -13.5. The molecule has 1 saturated heterocycles. The van der Waals surface area contributed by atoms with Crippen LogP contribution >= 0.6 is 12.6 Å². The summed E-state index contributed by atoms with van der Waals surface area (Å²) >= 11 is 3.95. The molecule has 0 aromatic heterocycles. The van der Waals surface area contributed by atoms with Gasteiger partial charge in [0.1, 0.15) is 24.9 Å². The average Bonchev–Trinajstić information content (AvgIpc) is 2.83. The molecule has 43 heavy (non-hydrogen) atoms. The van der Waals surface area contributed by atoms with Crippen LogP contribution in [0.1, 0.15) is 34.1 Å². The Morgan fingerprint density at radius 2 is 1.35 bits per heavy atom. The Morgan fingerprint density at radius 3 is 1.72 bits per heavy atom. The van der Waals surface area contributed by atoms with Crippen LogP contribution in [-0.4, -0.2) is 108 Å². The van der Waals surface area contributed by atoms with Gasteiger partial charge in [0.15, 0.2) is 12.2 Å². The van der Waals surface area contributed by atoms with Gasteiger partial charge in [-0.3, -0.25) is 33.7 Å². The highest BCUT2D eigenvalue weighted by Crippen LogP contribution is 2.42. The third-order valence-corrected chi connectivity index (χ3v) is 5.80. The van der Waals surface area contributed by atoms with E-state index < -0.39 is 107 Å². The van der Waals surface area contributed by atoms with Gasteiger partial charge in [-0.25, -0.2) is 4.79 Å². The summed E-state index contributed by atoms with van der Waals surface area (Å²) in [7, 11) is 0.754. The van der Waals surface area contributed by atoms with Gasteiger partial charge in [-0.05, 0) is 0 Å². The van der Waals surface area contributed by atoms with Gasteiger partial charge < -0.3 is 28.4 Å². The van der Waals surface area contributed by atoms with Gasteiger partial charge >= 0.3 is 54.0 Å². The van der Waals surface area contributed by atoms with Crippen molar-refractivity contribution in [2.24, 2.45) is 0 Å². The van der Waals surface area contributed by atoms with E-state index in [0.29, 0.717) is 13.8 Å². The number of imide groups is 1. The number of halogens is 6. The fourth-order valence-corrected chi connectivity index (χ4v) is 4.32. The second kappa shape index (κ2) is 14.2. The minimum absolute atomic E-state index is 0.632. The van der Waals surface area contributed by atoms with Crippen molar-refractivity contribution in [2.45, 2.75) is 81.9 Å². The molecule has 1 heterocycles. The Balaban J connectivity index is 4.22. The van der Waals surface area contributed by atoms with Crippen molar-refractivity contribution in [2.75, 3.05) is 13.7 Å². The van der Waals surface area contributed by atoms with E-state index in [1.54, 1.807) is 0 Å². The van der Waals surface area contributed by atoms with Gasteiger partial charge in [-0.2, -0.15) is 26.3 Å². The molecule has 2 amide bonds. The van der Waals surface area contributed by atoms with Crippen LogP contribution in [0.2, 0.25) is 0 Å². The van der Waals surface area contributed by atoms with Crippen LogP contribution in [0, 0.1) is 0 Å². The van der Waals surface area contributed by atoms with Crippen molar-refractivity contribution in [1.82, 2.24) is 4.90 Å². The van der Waals surface area contributed by atoms with Gasteiger partial charge in [-0.15, -0.1) is 12.6 Å². The van der Waals surface area contributed by atoms with Crippen molar-refractivity contribution in [3.8, 4) is 0 Å². The number of alkyl halides is 6. The van der Waals surface area contributed by atoms with Crippen LogP contribution in [0.15, 0.2) is 0 Å². The maximum Gasteiger partial charge on any atom is 0.471 e. The van der Waals surface area contributed by atoms with Crippen LogP contribution in [0.5, 0.6) is 0 Å². The highest BCUT2D eigenvalue weighted by molar-refractivity contribution is 7.82. The van der Waals surface area contributed by atoms with E-state index in [-0.39, 0.29) is 0 Å². The SMILES string of the molecule is COC(=O)[C@]1(S)C[C@H](OC(C)=O)[C@@H](N(C(=O)C(F)(F)F)C(=O)C(F)(F)F)[C@H]([C@H](OC(C)=O)[C@@H](COC(C)=O)OC(C)=O)O1. The number of carbonyl (C=O) groups excluding carboxylic acids is 7. The molecule has 0 aromatic rings. The molecule has 0 unspecified atom stereocenters. The first kappa shape index (κ1) is 37.4. The number of ether oxygens (including phenoxy) is 6. The maximum absolute atomic E-state index is 13.6. The third kappa shape index (κ3) is 9.97. The van der Waals surface area contributed by atoms with Gasteiger partial charge in [0.05, 0.1) is 7.11 Å². The summed E-state index contributed by atoms with van der Waals surface area (Å²) in [6, 6.07) is -3.02. The van der Waals surface area contributed by atoms with E-state index in [4.69, 9.17) is 23.7 Å². The summed E-state index contributed by atoms with van der Waals surface area (Å²) in [6.45, 7) is 1.78. The largest absolute Gasteiger partial charge is 0.471 e. The molecule has 21 heteroatoms. The van der Waals surface area contributed by atoms with Gasteiger partial charge in [0.2, 0.25) is 4.93 Å². The van der Waals surface area contributed by atoms with Crippen LogP contribution < -0.4 is 0 Å². The summed E-state index contributed by atoms with van der Waals surface area (Å²) in [4.78, 5) is 80.5. The number of hydrogen-bond acceptors (Lipinski definition) is 14. The monoisotopic (exact) mass is 657 g/mol. The molecule has 0 bridgehead atoms. The summed E-state index contributed by atoms with van der Waals surface area (Å²) < 4.78 is 111. The number of hydrogen-bond donors (Lipinski definition) is 1. The molecule has 1 fully saturated rings. The van der Waals surface area contributed by atoms with Gasteiger partial charge in [0, 0.05) is 34.1 Å². The first-order valence-corrected chi connectivity index (χ1v) is 12.1. The number of amides is 2. The Bertz CT molecular complexity index is 1100. The lowest BCUT2D eigenvalue weighted by Gasteiger charge is -2.49. The zero-order valence-corrected chi connectivity index (χ0v) is 23.7. The fraction of sp³-hybridized carbons (Fsp3) is 0.682. The molecule has 0 radical (unpaired) electrons. The third-order valence-electron chi connectivity index (χ3n) is 5.33. The number of rotatable bonds is 9. The molecule has 14 nitrogen and oxygen atoms in total. The van der Waals surface area contributed by atoms with Crippen LogP contribution in [-0.2, 0) is 62.0 Å². The molecule has 1 aliphatic heterocycles. The number of esters is 5. The van der Waals surface area contributed by atoms with Crippen molar-refractivity contribution in [1.29, 1.82) is 0 Å². The van der Waals surface area contributed by atoms with E-state index >= 15 is 0 Å². The van der Waals surface area contributed by atoms with Crippen molar-refractivity contribution < 1.29 is 88.3 Å².